The van der Waals surface area contributed by atoms with Gasteiger partial charge in [0.25, 0.3) is 0 Å². The van der Waals surface area contributed by atoms with Gasteiger partial charge in [0, 0.05) is 197 Å². The second-order valence-electron chi connectivity index (χ2n) is 48.5. The number of carbonyl (C=O) groups is 17. The van der Waals surface area contributed by atoms with Crippen molar-refractivity contribution in [2.75, 3.05) is 6.54 Å². The van der Waals surface area contributed by atoms with Crippen molar-refractivity contribution >= 4 is 98.3 Å². The van der Waals surface area contributed by atoms with Gasteiger partial charge in [-0.25, -0.2) is 0 Å². The Morgan fingerprint density at radius 1 is 0.209 bits per heavy atom. The van der Waals surface area contributed by atoms with Gasteiger partial charge in [0.2, 0.25) is 0 Å². The van der Waals surface area contributed by atoms with Gasteiger partial charge in [0.15, 0.2) is 0 Å². The van der Waals surface area contributed by atoms with E-state index in [-0.39, 0.29) is 227 Å². The minimum Gasteiger partial charge on any atom is -0.324 e. The van der Waals surface area contributed by atoms with Gasteiger partial charge in [0.1, 0.15) is 98.3 Å². The molecule has 0 aromatic heterocycles. The van der Waals surface area contributed by atoms with Crippen LogP contribution < -0.4 is 5.73 Å². The van der Waals surface area contributed by atoms with Crippen LogP contribution in [0.25, 0.3) is 0 Å². The second-order valence-corrected chi connectivity index (χ2v) is 48.5. The summed E-state index contributed by atoms with van der Waals surface area (Å²) in [6.45, 7) is 104. The normalized spacial score (nSPS) is 13.5. The molecule has 0 spiro atoms. The Kier molecular flexibility index (Phi) is 75.6. The molecule has 129 heavy (non-hydrogen) atoms. The summed E-state index contributed by atoms with van der Waals surface area (Å²) in [6, 6.07) is 0. The third-order valence-electron chi connectivity index (χ3n) is 22.3. The van der Waals surface area contributed by atoms with Crippen molar-refractivity contribution in [3.8, 4) is 0 Å². The molecule has 0 aromatic carbocycles. The molecule has 0 radical (unpaired) electrons. The molecule has 0 aromatic rings. The van der Waals surface area contributed by atoms with Crippen molar-refractivity contribution in [3.63, 3.8) is 0 Å². The van der Waals surface area contributed by atoms with E-state index in [0.29, 0.717) is 112 Å². The fraction of sp³-hybridized carbons (Fsp3) is 0.847. The summed E-state index contributed by atoms with van der Waals surface area (Å²) in [5, 5.41) is 0. The lowest BCUT2D eigenvalue weighted by atomic mass is 9.75. The number of Topliss-reactive ketones (excluding diaryl/α,β-unsaturated/α-hetero) is 17. The van der Waals surface area contributed by atoms with Gasteiger partial charge in [-0.05, 0) is 29.6 Å². The highest BCUT2D eigenvalue weighted by atomic mass is 16.2. The van der Waals surface area contributed by atoms with E-state index < -0.39 is 0 Å². The molecule has 7 unspecified atom stereocenters. The predicted octanol–water partition coefficient (Wildman–Crippen LogP) is 27.4. The number of carbonyl (C=O) groups excluding carboxylic acids is 17. The van der Waals surface area contributed by atoms with Gasteiger partial charge in [-0.1, -0.05) is 381 Å². The predicted molar refractivity (Wildman–Crippen MR) is 544 cm³/mol. The molecule has 0 saturated carbocycles. The zero-order valence-electron chi connectivity index (χ0n) is 93.6. The van der Waals surface area contributed by atoms with Gasteiger partial charge in [0.05, 0.1) is 6.54 Å². The number of ketones is 17. The Hall–Kier alpha value is -5.65. The molecule has 0 aliphatic carbocycles. The summed E-state index contributed by atoms with van der Waals surface area (Å²) >= 11 is 0. The van der Waals surface area contributed by atoms with E-state index in [1.165, 1.54) is 0 Å². The summed E-state index contributed by atoms with van der Waals surface area (Å²) in [4.78, 5) is 196. The first kappa shape index (κ1) is 146. The van der Waals surface area contributed by atoms with Crippen LogP contribution in [0.5, 0.6) is 0 Å². The second kappa shape index (κ2) is 66.7. The number of hydrogen-bond acceptors (Lipinski definition) is 18. The molecule has 7 atom stereocenters. The molecule has 18 nitrogen and oxygen atoms in total. The van der Waals surface area contributed by atoms with Gasteiger partial charge in [-0.3, -0.25) is 81.5 Å². The SMILES string of the molecule is C.CC(C)(C)C(=O)CCC(=O)CN.CC(C)C(=O)C(C)(C)C.CC(C)C(=O)CC(C(=O)C(C)(C)C)C(C)C.CC(C)C(=O)CCC(=O)C(C)(C)C.CC(C)C(C)C(=O)C(C)(C)C.CC(C)C(C)C(=O)CCC(=O)C(C)(C)C.CC(CC(=O)C(C)C(C)C)C(=O)C(C)(C)C.CCC(=O)C(C)(C)C.CCC(=O)CC(C(=O)C(C)(C)C)C(C)C.CCC(=O)CC(C)C(=O)C(C)(C)C. The topological polar surface area (TPSA) is 316 Å². The molecular weight excluding hydrogens is 1620 g/mol. The Morgan fingerprint density at radius 2 is 0.457 bits per heavy atom. The highest BCUT2D eigenvalue weighted by Gasteiger charge is 2.37. The molecule has 2 N–H and O–H groups in total. The summed E-state index contributed by atoms with van der Waals surface area (Å²) < 4.78 is 0. The monoisotopic (exact) mass is 1830 g/mol. The molecule has 0 aliphatic heterocycles. The highest BCUT2D eigenvalue weighted by Crippen LogP contribution is 2.33. The summed E-state index contributed by atoms with van der Waals surface area (Å²) in [6.07, 6.45) is 5.47. The first-order chi connectivity index (χ1) is 56.5. The van der Waals surface area contributed by atoms with Gasteiger partial charge in [-0.15, -0.1) is 0 Å². The van der Waals surface area contributed by atoms with Crippen LogP contribution in [0.2, 0.25) is 0 Å². The highest BCUT2D eigenvalue weighted by molar-refractivity contribution is 5.95. The minimum atomic E-state index is -0.355. The zero-order chi connectivity index (χ0) is 105. The lowest BCUT2D eigenvalue weighted by Gasteiger charge is -2.27. The van der Waals surface area contributed by atoms with Crippen LogP contribution in [0.1, 0.15) is 465 Å². The van der Waals surface area contributed by atoms with Gasteiger partial charge >= 0.3 is 0 Å². The van der Waals surface area contributed by atoms with Gasteiger partial charge < -0.3 is 5.73 Å². The standard InChI is InChI=1S/2C14H26O2.2C13H24O2.2C11H20O2.C10H20O.C9H17NO2.C8H16O.C7H14O.CH4/c1-9(2)11(4)12(15)8-10(3)13(16)14(5,6)7;1-9(2)11(8-12(15)10(3)4)13(16)14(5,6)7;1-9(2)10(3)11(14)7-8-12(15)13(4,5)6;1-7-10(14)8-11(9(2)3)12(15)13(4,5)6;1-8(2)9(12)6-7-10(13)11(3,4)5;1-6-9(12)7-8(2)10(13)11(3,4)5;1-7(2)8(3)9(11)10(4,5)6;1-9(2,3)8(12)5-4-7(11)6-10;1-6(2)7(9)8(3,4)5;1-5-6(8)7(2,3)4;/h2*9-11H,8H2,1-7H3;9-10H,7-8H2,1-6H3;9,11H,7-8H2,1-6H3;2*8H,6-7H2,1-5H3;7-8H,1-6H3;4-6,10H2,1-3H3;6H,1-5H3;5H2,1-4H3;1H4. The van der Waals surface area contributed by atoms with Crippen molar-refractivity contribution < 1.29 is 81.5 Å². The van der Waals surface area contributed by atoms with E-state index >= 15 is 0 Å². The molecule has 0 saturated heterocycles. The molecule has 762 valence electrons. The summed E-state index contributed by atoms with van der Waals surface area (Å²) in [7, 11) is 0. The lowest BCUT2D eigenvalue weighted by molar-refractivity contribution is -0.135. The van der Waals surface area contributed by atoms with E-state index in [9.17, 15) is 81.5 Å². The maximum atomic E-state index is 12.2. The molecule has 18 heteroatoms. The van der Waals surface area contributed by atoms with Crippen LogP contribution in [0.4, 0.5) is 0 Å². The van der Waals surface area contributed by atoms with Crippen LogP contribution in [0, 0.1) is 143 Å². The van der Waals surface area contributed by atoms with Gasteiger partial charge in [-0.2, -0.15) is 0 Å². The van der Waals surface area contributed by atoms with Crippen LogP contribution in [-0.4, -0.2) is 105 Å². The molecular formula is C111H211NO17. The van der Waals surface area contributed by atoms with Crippen molar-refractivity contribution in [1.82, 2.24) is 0 Å². The number of hydrogen-bond donors (Lipinski definition) is 1. The molecule has 0 amide bonds. The van der Waals surface area contributed by atoms with Crippen LogP contribution >= 0.6 is 0 Å². The largest absolute Gasteiger partial charge is 0.324 e. The Bertz CT molecular complexity index is 3340. The zero-order valence-corrected chi connectivity index (χ0v) is 93.6. The van der Waals surface area contributed by atoms with E-state index in [2.05, 4.69) is 13.8 Å². The van der Waals surface area contributed by atoms with Crippen molar-refractivity contribution in [2.45, 2.75) is 465 Å². The van der Waals surface area contributed by atoms with Crippen LogP contribution in [0.3, 0.4) is 0 Å². The molecule has 0 heterocycles. The fourth-order valence-electron chi connectivity index (χ4n) is 11.4. The first-order valence-corrected chi connectivity index (χ1v) is 48.3. The fourth-order valence-corrected chi connectivity index (χ4v) is 11.4. The Morgan fingerprint density at radius 3 is 0.659 bits per heavy atom. The third kappa shape index (κ3) is 75.4. The Labute approximate surface area is 795 Å². The Balaban J connectivity index is -0.000000134. The molecule has 0 bridgehead atoms. The first-order valence-electron chi connectivity index (χ1n) is 48.3. The lowest BCUT2D eigenvalue weighted by Crippen LogP contribution is -2.33. The van der Waals surface area contributed by atoms with Crippen molar-refractivity contribution in [1.29, 1.82) is 0 Å². The molecule has 0 aliphatic rings. The maximum Gasteiger partial charge on any atom is 0.146 e. The molecule has 0 rings (SSSR count). The average Bonchev–Trinajstić information content (AvgIpc) is 0.851. The van der Waals surface area contributed by atoms with Crippen LogP contribution in [0.15, 0.2) is 0 Å². The summed E-state index contributed by atoms with van der Waals surface area (Å²) in [5.41, 5.74) is 2.30. The maximum absolute atomic E-state index is 12.2. The van der Waals surface area contributed by atoms with E-state index in [0.717, 1.165) is 0 Å². The van der Waals surface area contributed by atoms with Crippen molar-refractivity contribution in [2.24, 2.45) is 149 Å². The third-order valence-corrected chi connectivity index (χ3v) is 22.3. The number of rotatable bonds is 36. The van der Waals surface area contributed by atoms with E-state index in [4.69, 9.17) is 5.73 Å². The van der Waals surface area contributed by atoms with Crippen LogP contribution in [-0.2, 0) is 81.5 Å². The average molecular weight is 1830 g/mol. The summed E-state index contributed by atoms with van der Waals surface area (Å²) in [5.74, 6) is 5.02. The molecule has 0 fully saturated rings. The van der Waals surface area contributed by atoms with Crippen molar-refractivity contribution in [3.05, 3.63) is 0 Å². The van der Waals surface area contributed by atoms with E-state index in [1.54, 1.807) is 0 Å². The smallest absolute Gasteiger partial charge is 0.146 e. The minimum absolute atomic E-state index is 0. The quantitative estimate of drug-likeness (QED) is 0.0609. The number of nitrogens with two attached hydrogens (primary N) is 1. The van der Waals surface area contributed by atoms with E-state index in [1.807, 2.05) is 360 Å².